The third kappa shape index (κ3) is 3.61. The molecule has 0 aliphatic carbocycles. The van der Waals surface area contributed by atoms with Gasteiger partial charge in [0.15, 0.2) is 11.5 Å². The first-order valence-corrected chi connectivity index (χ1v) is 10.5. The van der Waals surface area contributed by atoms with Gasteiger partial charge < -0.3 is 20.2 Å². The van der Waals surface area contributed by atoms with Gasteiger partial charge in [0, 0.05) is 22.2 Å². The second-order valence-corrected chi connectivity index (χ2v) is 7.70. The van der Waals surface area contributed by atoms with Gasteiger partial charge in [0.1, 0.15) is 13.2 Å². The van der Waals surface area contributed by atoms with Gasteiger partial charge in [-0.15, -0.1) is 0 Å². The Morgan fingerprint density at radius 3 is 2.64 bits per heavy atom. The Bertz CT molecular complexity index is 961. The normalized spacial score (nSPS) is 14.4. The van der Waals surface area contributed by atoms with Crippen LogP contribution >= 0.6 is 0 Å². The van der Waals surface area contributed by atoms with Crippen LogP contribution in [0.3, 0.4) is 0 Å². The van der Waals surface area contributed by atoms with E-state index in [1.807, 2.05) is 6.07 Å². The summed E-state index contributed by atoms with van der Waals surface area (Å²) >= 11 is 0. The summed E-state index contributed by atoms with van der Waals surface area (Å²) in [5, 5.41) is 1.33. The quantitative estimate of drug-likeness (QED) is 0.541. The van der Waals surface area contributed by atoms with Crippen molar-refractivity contribution in [2.45, 2.75) is 45.4 Å². The molecule has 4 nitrogen and oxygen atoms in total. The zero-order valence-corrected chi connectivity index (χ0v) is 16.9. The van der Waals surface area contributed by atoms with Crippen LogP contribution in [0, 0.1) is 0 Å². The maximum absolute atomic E-state index is 5.81. The number of aromatic amines is 1. The van der Waals surface area contributed by atoms with Gasteiger partial charge in [0.05, 0.1) is 0 Å². The molecule has 1 aliphatic heterocycles. The minimum absolute atomic E-state index is 0.564. The molecule has 3 N–H and O–H groups in total. The maximum Gasteiger partial charge on any atom is 0.162 e. The molecular weight excluding hydrogens is 348 g/mol. The summed E-state index contributed by atoms with van der Waals surface area (Å²) in [6.45, 7) is 6.49. The molecule has 4 heteroatoms. The maximum atomic E-state index is 5.81. The van der Waals surface area contributed by atoms with Gasteiger partial charge in [-0.05, 0) is 79.6 Å². The second kappa shape index (κ2) is 8.27. The Morgan fingerprint density at radius 2 is 1.86 bits per heavy atom. The Hall–Kier alpha value is -2.46. The lowest BCUT2D eigenvalue weighted by Gasteiger charge is -2.19. The first-order valence-electron chi connectivity index (χ1n) is 10.5. The summed E-state index contributed by atoms with van der Waals surface area (Å²) in [6, 6.07) is 13.1. The fourth-order valence-electron chi connectivity index (χ4n) is 3.96. The van der Waals surface area contributed by atoms with E-state index in [4.69, 9.17) is 15.2 Å². The lowest BCUT2D eigenvalue weighted by atomic mass is 9.94. The number of rotatable bonds is 7. The molecule has 1 aromatic heterocycles. The molecule has 0 amide bonds. The molecule has 0 spiro atoms. The van der Waals surface area contributed by atoms with Gasteiger partial charge in [-0.3, -0.25) is 0 Å². The van der Waals surface area contributed by atoms with Crippen molar-refractivity contribution < 1.29 is 9.47 Å². The summed E-state index contributed by atoms with van der Waals surface area (Å²) in [4.78, 5) is 3.67. The van der Waals surface area contributed by atoms with Crippen LogP contribution in [0.1, 0.15) is 50.2 Å². The van der Waals surface area contributed by atoms with Gasteiger partial charge in [-0.2, -0.15) is 0 Å². The molecule has 0 fully saturated rings. The predicted octanol–water partition coefficient (Wildman–Crippen LogP) is 5.40. The Balaban J connectivity index is 1.80. The van der Waals surface area contributed by atoms with Crippen molar-refractivity contribution in [2.24, 2.45) is 5.73 Å². The largest absolute Gasteiger partial charge is 0.486 e. The standard InChI is InChI=1S/C24H30N2O2/c1-3-16(2)17-7-9-21-20(14-17)19(6-4-5-11-25)24(26-21)18-8-10-22-23(15-18)28-13-12-27-22/h7-10,14-16,26H,3-6,11-13,25H2,1-2H3. The Kier molecular flexibility index (Phi) is 5.58. The third-order valence-electron chi connectivity index (χ3n) is 5.82. The molecule has 28 heavy (non-hydrogen) atoms. The van der Waals surface area contributed by atoms with Crippen molar-refractivity contribution in [1.29, 1.82) is 0 Å². The smallest absolute Gasteiger partial charge is 0.162 e. The average molecular weight is 379 g/mol. The number of benzene rings is 2. The molecule has 2 heterocycles. The predicted molar refractivity (Wildman–Crippen MR) is 115 cm³/mol. The number of hydrogen-bond acceptors (Lipinski definition) is 3. The first-order chi connectivity index (χ1) is 13.7. The molecule has 1 aliphatic rings. The molecule has 1 unspecified atom stereocenters. The summed E-state index contributed by atoms with van der Waals surface area (Å²) in [5.74, 6) is 2.22. The van der Waals surface area contributed by atoms with Crippen LogP contribution in [0.4, 0.5) is 0 Å². The molecule has 4 rings (SSSR count). The van der Waals surface area contributed by atoms with Crippen LogP contribution in [0.5, 0.6) is 11.5 Å². The molecule has 3 aromatic rings. The van der Waals surface area contributed by atoms with E-state index in [1.54, 1.807) is 0 Å². The van der Waals surface area contributed by atoms with E-state index in [2.05, 4.69) is 49.2 Å². The summed E-state index contributed by atoms with van der Waals surface area (Å²) in [6.07, 6.45) is 4.30. The fraction of sp³-hybridized carbons (Fsp3) is 0.417. The van der Waals surface area contributed by atoms with Crippen molar-refractivity contribution in [1.82, 2.24) is 4.98 Å². The van der Waals surface area contributed by atoms with E-state index >= 15 is 0 Å². The van der Waals surface area contributed by atoms with Gasteiger partial charge >= 0.3 is 0 Å². The highest BCUT2D eigenvalue weighted by Crippen LogP contribution is 2.38. The molecule has 0 saturated carbocycles. The topological polar surface area (TPSA) is 60.3 Å². The van der Waals surface area contributed by atoms with Crippen molar-refractivity contribution >= 4 is 10.9 Å². The minimum atomic E-state index is 0.564. The number of hydrogen-bond donors (Lipinski definition) is 2. The number of aromatic nitrogens is 1. The van der Waals surface area contributed by atoms with Gasteiger partial charge in [-0.25, -0.2) is 0 Å². The van der Waals surface area contributed by atoms with E-state index < -0.39 is 0 Å². The molecule has 0 bridgehead atoms. The number of fused-ring (bicyclic) bond motifs is 2. The molecule has 0 radical (unpaired) electrons. The number of nitrogens with two attached hydrogens (primary N) is 1. The number of ether oxygens (including phenoxy) is 2. The van der Waals surface area contributed by atoms with Crippen LogP contribution in [0.15, 0.2) is 36.4 Å². The number of H-pyrrole nitrogens is 1. The molecule has 2 aromatic carbocycles. The van der Waals surface area contributed by atoms with Crippen molar-refractivity contribution in [3.8, 4) is 22.8 Å². The highest BCUT2D eigenvalue weighted by atomic mass is 16.6. The SMILES string of the molecule is CCC(C)c1ccc2[nH]c(-c3ccc4c(c3)OCCO4)c(CCCCN)c2c1. The van der Waals surface area contributed by atoms with E-state index in [-0.39, 0.29) is 0 Å². The average Bonchev–Trinajstić information content (AvgIpc) is 3.11. The van der Waals surface area contributed by atoms with Gasteiger partial charge in [-0.1, -0.05) is 19.9 Å². The van der Waals surface area contributed by atoms with E-state index in [1.165, 1.54) is 27.7 Å². The van der Waals surface area contributed by atoms with Crippen LogP contribution < -0.4 is 15.2 Å². The highest BCUT2D eigenvalue weighted by molar-refractivity contribution is 5.91. The summed E-state index contributed by atoms with van der Waals surface area (Å²) in [7, 11) is 0. The number of aryl methyl sites for hydroxylation is 1. The molecule has 148 valence electrons. The van der Waals surface area contributed by atoms with Crippen molar-refractivity contribution in [2.75, 3.05) is 19.8 Å². The second-order valence-electron chi connectivity index (χ2n) is 7.70. The molecule has 0 saturated heterocycles. The van der Waals surface area contributed by atoms with Crippen LogP contribution in [-0.2, 0) is 6.42 Å². The van der Waals surface area contributed by atoms with Crippen LogP contribution in [-0.4, -0.2) is 24.7 Å². The fourth-order valence-corrected chi connectivity index (χ4v) is 3.96. The number of unbranched alkanes of at least 4 members (excludes halogenated alkanes) is 1. The number of nitrogens with one attached hydrogen (secondary N) is 1. The van der Waals surface area contributed by atoms with E-state index in [0.717, 1.165) is 49.3 Å². The zero-order valence-electron chi connectivity index (χ0n) is 16.9. The van der Waals surface area contributed by atoms with Crippen LogP contribution in [0.2, 0.25) is 0 Å². The Morgan fingerprint density at radius 1 is 1.04 bits per heavy atom. The van der Waals surface area contributed by atoms with Gasteiger partial charge in [0.25, 0.3) is 0 Å². The highest BCUT2D eigenvalue weighted by Gasteiger charge is 2.18. The van der Waals surface area contributed by atoms with Crippen molar-refractivity contribution in [3.63, 3.8) is 0 Å². The van der Waals surface area contributed by atoms with Gasteiger partial charge in [0.2, 0.25) is 0 Å². The zero-order chi connectivity index (χ0) is 19.5. The summed E-state index contributed by atoms with van der Waals surface area (Å²) in [5.41, 5.74) is 12.1. The molecule has 1 atom stereocenters. The first kappa shape index (κ1) is 18.9. The minimum Gasteiger partial charge on any atom is -0.486 e. The van der Waals surface area contributed by atoms with E-state index in [9.17, 15) is 0 Å². The van der Waals surface area contributed by atoms with E-state index in [0.29, 0.717) is 19.1 Å². The summed E-state index contributed by atoms with van der Waals surface area (Å²) < 4.78 is 11.5. The van der Waals surface area contributed by atoms with Crippen LogP contribution in [0.25, 0.3) is 22.2 Å². The Labute approximate surface area is 167 Å². The third-order valence-corrected chi connectivity index (χ3v) is 5.82. The van der Waals surface area contributed by atoms with Crippen molar-refractivity contribution in [3.05, 3.63) is 47.5 Å². The lowest BCUT2D eigenvalue weighted by Crippen LogP contribution is -2.15. The molecular formula is C24H30N2O2. The monoisotopic (exact) mass is 378 g/mol. The lowest BCUT2D eigenvalue weighted by molar-refractivity contribution is 0.171.